The molecule has 17 atom stereocenters. The second kappa shape index (κ2) is 32.7. The number of carbonyl (C=O) groups is 8. The van der Waals surface area contributed by atoms with E-state index in [9.17, 15) is 69.0 Å². The van der Waals surface area contributed by atoms with Crippen LogP contribution in [0.25, 0.3) is 0 Å². The number of hydrogen-bond donors (Lipinski definition) is 15. The van der Waals surface area contributed by atoms with Gasteiger partial charge in [0.1, 0.15) is 54.7 Å². The molecule has 2 aliphatic rings. The number of amides is 6. The molecule has 75 heavy (non-hydrogen) atoms. The quantitative estimate of drug-likeness (QED) is 0.0217. The fourth-order valence-electron chi connectivity index (χ4n) is 8.76. The predicted octanol–water partition coefficient (Wildman–Crippen LogP) is -4.62. The van der Waals surface area contributed by atoms with Gasteiger partial charge in [-0.15, -0.1) is 0 Å². The van der Waals surface area contributed by atoms with Crippen LogP contribution < -0.4 is 49.1 Å². The summed E-state index contributed by atoms with van der Waals surface area (Å²) >= 11 is 0. The molecule has 0 saturated carbocycles. The molecule has 0 spiro atoms. The molecule has 2 saturated heterocycles. The van der Waals surface area contributed by atoms with Gasteiger partial charge in [-0.3, -0.25) is 38.4 Å². The standard InChI is InChI=1S/C48H85N9O18/c1-22(2)37(57-45(70)30(51)13-9-11-15-49)46(71)52-23(3)32(64)17-28(44(69)55-31(14-10-12-16-50)33(65)19-29(24(4)60)25(5)61)18-36(66)56-47-38(53-26(6)62)40(67)43(35(21-59)73-47)75-48-39(54-27(7)63)41(68)42(72-8)34(20-58)74-48/h22-23,25,28-31,34-35,37-43,47-48,58-61,67-68H,4,9-21,49-51H2,1-3,5-8H3,(H,52,71)(H,53,62)(H,54,63)(H,55,69)(H,56,66)(H,57,70)/t23?,25?,28?,29?,30?,31?,34?,35?,37?,38?,39?,40-,41-,42-,43-,47-,48+/m1/s1. The van der Waals surface area contributed by atoms with Crippen LogP contribution in [-0.4, -0.2) is 203 Å². The maximum absolute atomic E-state index is 14.4. The third-order valence-electron chi connectivity index (χ3n) is 13.1. The molecule has 6 amide bonds. The number of aliphatic hydroxyl groups is 6. The minimum atomic E-state index is -1.87. The smallest absolute Gasteiger partial charge is 0.243 e. The lowest BCUT2D eigenvalue weighted by Gasteiger charge is -2.48. The average molecular weight is 1080 g/mol. The van der Waals surface area contributed by atoms with Crippen molar-refractivity contribution in [3.63, 3.8) is 0 Å². The lowest BCUT2D eigenvalue weighted by atomic mass is 9.90. The summed E-state index contributed by atoms with van der Waals surface area (Å²) in [5.74, 6) is -9.83. The fourth-order valence-corrected chi connectivity index (χ4v) is 8.76. The Morgan fingerprint density at radius 1 is 0.693 bits per heavy atom. The van der Waals surface area contributed by atoms with E-state index in [1.807, 2.05) is 0 Å². The van der Waals surface area contributed by atoms with E-state index in [0.717, 1.165) is 13.8 Å². The highest BCUT2D eigenvalue weighted by Crippen LogP contribution is 2.30. The van der Waals surface area contributed by atoms with Crippen LogP contribution in [0.1, 0.15) is 99.3 Å². The van der Waals surface area contributed by atoms with Crippen molar-refractivity contribution in [2.45, 2.75) is 191 Å². The van der Waals surface area contributed by atoms with Gasteiger partial charge < -0.3 is 98.7 Å². The number of ketones is 2. The van der Waals surface area contributed by atoms with Crippen LogP contribution in [0, 0.1) is 17.8 Å². The van der Waals surface area contributed by atoms with Gasteiger partial charge in [-0.25, -0.2) is 0 Å². The molecule has 2 rings (SSSR count). The molecule has 0 aromatic carbocycles. The Bertz CT molecular complexity index is 1900. The molecule has 0 aromatic heterocycles. The molecule has 27 nitrogen and oxygen atoms in total. The van der Waals surface area contributed by atoms with Gasteiger partial charge in [-0.1, -0.05) is 26.8 Å². The Morgan fingerprint density at radius 3 is 1.77 bits per heavy atom. The molecule has 0 aliphatic carbocycles. The highest BCUT2D eigenvalue weighted by molar-refractivity contribution is 5.97. The Labute approximate surface area is 437 Å². The Balaban J connectivity index is 2.53. The Morgan fingerprint density at radius 2 is 1.25 bits per heavy atom. The minimum Gasteiger partial charge on any atom is -0.513 e. The van der Waals surface area contributed by atoms with Crippen molar-refractivity contribution < 1.29 is 87.9 Å². The lowest BCUT2D eigenvalue weighted by molar-refractivity contribution is -0.317. The van der Waals surface area contributed by atoms with E-state index < -0.39 is 194 Å². The summed E-state index contributed by atoms with van der Waals surface area (Å²) in [6.07, 6.45) is -13.2. The predicted molar refractivity (Wildman–Crippen MR) is 267 cm³/mol. The molecule has 27 heteroatoms. The fraction of sp³-hybridized carbons (Fsp3) is 0.792. The van der Waals surface area contributed by atoms with Crippen molar-refractivity contribution in [3.05, 3.63) is 12.3 Å². The first-order valence-electron chi connectivity index (χ1n) is 25.4. The maximum Gasteiger partial charge on any atom is 0.243 e. The molecule has 0 aromatic rings. The van der Waals surface area contributed by atoms with E-state index in [1.165, 1.54) is 21.0 Å². The zero-order chi connectivity index (χ0) is 56.9. The summed E-state index contributed by atoms with van der Waals surface area (Å²) in [5.41, 5.74) is 17.3. The molecule has 2 aliphatic heterocycles. The topological polar surface area (TPSA) is 445 Å². The van der Waals surface area contributed by atoms with Gasteiger partial charge in [0.2, 0.25) is 35.4 Å². The number of hydrogen-bond acceptors (Lipinski definition) is 21. The molecular formula is C48H85N9O18. The molecule has 18 N–H and O–H groups in total. The largest absolute Gasteiger partial charge is 0.513 e. The first kappa shape index (κ1) is 66.3. The summed E-state index contributed by atoms with van der Waals surface area (Å²) in [7, 11) is 1.24. The second-order valence-corrected chi connectivity index (χ2v) is 19.6. The van der Waals surface area contributed by atoms with Crippen LogP contribution in [0.4, 0.5) is 0 Å². The van der Waals surface area contributed by atoms with Gasteiger partial charge in [0.05, 0.1) is 49.1 Å². The molecule has 0 bridgehead atoms. The summed E-state index contributed by atoms with van der Waals surface area (Å²) in [6.45, 7) is 10.7. The zero-order valence-electron chi connectivity index (χ0n) is 44.1. The highest BCUT2D eigenvalue weighted by Gasteiger charge is 2.52. The van der Waals surface area contributed by atoms with E-state index in [1.54, 1.807) is 13.8 Å². The highest BCUT2D eigenvalue weighted by atomic mass is 16.7. The average Bonchev–Trinajstić information content (AvgIpc) is 3.33. The van der Waals surface area contributed by atoms with Gasteiger partial charge in [0.25, 0.3) is 0 Å². The number of Topliss-reactive ketones (excluding diaryl/α,β-unsaturated/α-hetero) is 2. The number of carbonyl (C=O) groups excluding carboxylic acids is 8. The van der Waals surface area contributed by atoms with Crippen molar-refractivity contribution in [1.82, 2.24) is 31.9 Å². The summed E-state index contributed by atoms with van der Waals surface area (Å²) in [4.78, 5) is 108. The number of nitrogens with one attached hydrogen (secondary N) is 6. The van der Waals surface area contributed by atoms with E-state index in [-0.39, 0.29) is 13.0 Å². The van der Waals surface area contributed by atoms with Crippen LogP contribution in [0.2, 0.25) is 0 Å². The van der Waals surface area contributed by atoms with Crippen LogP contribution >= 0.6 is 0 Å². The van der Waals surface area contributed by atoms with E-state index in [4.69, 9.17) is 36.1 Å². The van der Waals surface area contributed by atoms with E-state index in [0.29, 0.717) is 38.6 Å². The summed E-state index contributed by atoms with van der Waals surface area (Å²) in [5, 5.41) is 79.1. The lowest BCUT2D eigenvalue weighted by Crippen LogP contribution is -2.71. The molecule has 2 fully saturated rings. The second-order valence-electron chi connectivity index (χ2n) is 19.6. The first-order chi connectivity index (χ1) is 35.3. The SMILES string of the molecule is C=C(O)C(CC(=O)C(CCCCN)NC(=O)C(CC(=O)N[C@@H]1OC(CO)[C@@H](O[C@@H]2OC(CO)[C@@H](OC)[C@H](O)C2NC(C)=O)[C@H](O)C1NC(C)=O)CC(=O)C(C)NC(=O)C(NC(=O)C(N)CCCCN)C(C)C)C(C)O. The summed E-state index contributed by atoms with van der Waals surface area (Å²) in [6, 6.07) is -7.65. The van der Waals surface area contributed by atoms with Gasteiger partial charge in [0.15, 0.2) is 24.1 Å². The number of methoxy groups -OCH3 is 1. The van der Waals surface area contributed by atoms with E-state index in [2.05, 4.69) is 38.5 Å². The van der Waals surface area contributed by atoms with Crippen molar-refractivity contribution >= 4 is 47.0 Å². The molecular weight excluding hydrogens is 991 g/mol. The van der Waals surface area contributed by atoms with Crippen molar-refractivity contribution in [2.75, 3.05) is 33.4 Å². The Hall–Kier alpha value is -4.78. The third-order valence-corrected chi connectivity index (χ3v) is 13.1. The molecule has 430 valence electrons. The minimum absolute atomic E-state index is 0.0204. The first-order valence-corrected chi connectivity index (χ1v) is 25.4. The number of nitrogens with two attached hydrogens (primary N) is 3. The van der Waals surface area contributed by atoms with Crippen LogP contribution in [0.5, 0.6) is 0 Å². The molecule has 2 heterocycles. The van der Waals surface area contributed by atoms with Crippen LogP contribution in [-0.2, 0) is 57.3 Å². The number of unbranched alkanes of at least 4 members (excludes halogenated alkanes) is 2. The van der Waals surface area contributed by atoms with Gasteiger partial charge in [0, 0.05) is 46.1 Å². The third kappa shape index (κ3) is 20.6. The van der Waals surface area contributed by atoms with Gasteiger partial charge in [-0.05, 0) is 65.0 Å². The normalized spacial score (nSPS) is 26.5. The molecule has 0 radical (unpaired) electrons. The Kier molecular flexibility index (Phi) is 28.9. The number of ether oxygens (including phenoxy) is 4. The zero-order valence-corrected chi connectivity index (χ0v) is 44.1. The van der Waals surface area contributed by atoms with E-state index >= 15 is 0 Å². The van der Waals surface area contributed by atoms with Gasteiger partial charge in [-0.2, -0.15) is 0 Å². The summed E-state index contributed by atoms with van der Waals surface area (Å²) < 4.78 is 23.2. The van der Waals surface area contributed by atoms with Crippen molar-refractivity contribution in [3.8, 4) is 0 Å². The van der Waals surface area contributed by atoms with Crippen molar-refractivity contribution in [2.24, 2.45) is 35.0 Å². The van der Waals surface area contributed by atoms with Crippen molar-refractivity contribution in [1.29, 1.82) is 0 Å². The number of aliphatic hydroxyl groups excluding tert-OH is 6. The maximum atomic E-state index is 14.4. The van der Waals surface area contributed by atoms with Gasteiger partial charge >= 0.3 is 0 Å². The number of rotatable bonds is 33. The van der Waals surface area contributed by atoms with Crippen LogP contribution in [0.3, 0.4) is 0 Å². The molecule has 11 unspecified atom stereocenters. The monoisotopic (exact) mass is 1080 g/mol. The van der Waals surface area contributed by atoms with Crippen LogP contribution in [0.15, 0.2) is 12.3 Å².